The number of halogens is 1. The number of aliphatic imine (C=N–C) groups is 1. The Morgan fingerprint density at radius 2 is 2.12 bits per heavy atom. The Morgan fingerprint density at radius 3 is 2.88 bits per heavy atom. The van der Waals surface area contributed by atoms with Gasteiger partial charge in [0, 0.05) is 45.1 Å². The first-order valence-electron chi connectivity index (χ1n) is 10.9. The molecule has 0 aromatic heterocycles. The van der Waals surface area contributed by atoms with Gasteiger partial charge in [0.25, 0.3) is 5.91 Å². The van der Waals surface area contributed by atoms with E-state index in [1.165, 1.54) is 0 Å². The summed E-state index contributed by atoms with van der Waals surface area (Å²) in [6.07, 6.45) is 14.3. The zero-order chi connectivity index (χ0) is 23.1. The third-order valence-corrected chi connectivity index (χ3v) is 6.72. The lowest BCUT2D eigenvalue weighted by Crippen LogP contribution is -2.28. The van der Waals surface area contributed by atoms with Crippen LogP contribution in [0.5, 0.6) is 0 Å². The second-order valence-electron chi connectivity index (χ2n) is 7.68. The number of unbranched alkanes of at least 4 members (excludes halogenated alkanes) is 1. The Bertz CT molecular complexity index is 1090. The van der Waals surface area contributed by atoms with Crippen molar-refractivity contribution in [2.75, 3.05) is 13.6 Å². The zero-order valence-electron chi connectivity index (χ0n) is 18.9. The predicted octanol–water partition coefficient (Wildman–Crippen LogP) is 7.19. The van der Waals surface area contributed by atoms with Gasteiger partial charge < -0.3 is 4.90 Å². The number of carbonyl (C=O) groups is 1. The van der Waals surface area contributed by atoms with Gasteiger partial charge in [-0.05, 0) is 38.0 Å². The first-order valence-corrected chi connectivity index (χ1v) is 12.0. The van der Waals surface area contributed by atoms with Crippen LogP contribution in [0.2, 0.25) is 0 Å². The van der Waals surface area contributed by atoms with E-state index in [1.54, 1.807) is 22.7 Å². The highest BCUT2D eigenvalue weighted by molar-refractivity contribution is 8.03. The van der Waals surface area contributed by atoms with Crippen LogP contribution in [0.25, 0.3) is 0 Å². The molecule has 0 saturated carbocycles. The number of hydrogen-bond donors (Lipinski definition) is 0. The number of benzene rings is 1. The van der Waals surface area contributed by atoms with Gasteiger partial charge in [-0.15, -0.1) is 0 Å². The molecule has 1 aliphatic carbocycles. The molecule has 2 aliphatic rings. The number of likely N-dealkylation sites (N-methyl/N-ethyl adjacent to an activating group) is 1. The van der Waals surface area contributed by atoms with Crippen molar-refractivity contribution in [3.05, 3.63) is 99.6 Å². The molecule has 0 unspecified atom stereocenters. The third-order valence-electron chi connectivity index (χ3n) is 5.30. The van der Waals surface area contributed by atoms with Crippen LogP contribution < -0.4 is 0 Å². The second-order valence-corrected chi connectivity index (χ2v) is 9.34. The molecule has 1 aromatic rings. The van der Waals surface area contributed by atoms with Gasteiger partial charge in [-0.2, -0.15) is 0 Å². The molecule has 0 radical (unpaired) electrons. The van der Waals surface area contributed by atoms with Crippen molar-refractivity contribution in [2.45, 2.75) is 38.0 Å². The van der Waals surface area contributed by atoms with Crippen LogP contribution in [0.3, 0.4) is 0 Å². The molecule has 3 rings (SSSR count). The van der Waals surface area contributed by atoms with Crippen LogP contribution >= 0.6 is 23.4 Å². The molecule has 0 spiro atoms. The summed E-state index contributed by atoms with van der Waals surface area (Å²) in [5, 5.41) is 0.652. The predicted molar refractivity (Wildman–Crippen MR) is 138 cm³/mol. The minimum absolute atomic E-state index is 0.0481. The fraction of sp³-hybridized carbons (Fsp3) is 0.259. The Labute approximate surface area is 200 Å². The molecular weight excluding hydrogens is 436 g/mol. The van der Waals surface area contributed by atoms with Crippen molar-refractivity contribution in [3.63, 3.8) is 0 Å². The zero-order valence-corrected chi connectivity index (χ0v) is 20.5. The van der Waals surface area contributed by atoms with Crippen molar-refractivity contribution in [1.29, 1.82) is 0 Å². The lowest BCUT2D eigenvalue weighted by molar-refractivity contribution is -0.125. The van der Waals surface area contributed by atoms with Crippen molar-refractivity contribution in [3.8, 4) is 0 Å². The van der Waals surface area contributed by atoms with E-state index in [0.29, 0.717) is 17.2 Å². The van der Waals surface area contributed by atoms with E-state index >= 15 is 0 Å². The van der Waals surface area contributed by atoms with Gasteiger partial charge in [-0.25, -0.2) is 4.99 Å². The van der Waals surface area contributed by atoms with Crippen LogP contribution in [0.1, 0.15) is 38.7 Å². The Kier molecular flexibility index (Phi) is 8.54. The van der Waals surface area contributed by atoms with Gasteiger partial charge >= 0.3 is 0 Å². The molecule has 1 heterocycles. The maximum absolute atomic E-state index is 13.0. The molecule has 0 saturated heterocycles. The van der Waals surface area contributed by atoms with E-state index in [2.05, 4.69) is 37.8 Å². The van der Waals surface area contributed by atoms with E-state index in [1.807, 2.05) is 44.3 Å². The molecule has 1 amide bonds. The van der Waals surface area contributed by atoms with Crippen molar-refractivity contribution in [1.82, 2.24) is 4.90 Å². The Hall–Kier alpha value is -2.56. The summed E-state index contributed by atoms with van der Waals surface area (Å²) >= 11 is 8.30. The van der Waals surface area contributed by atoms with Gasteiger partial charge in [-0.3, -0.25) is 4.79 Å². The fourth-order valence-electron chi connectivity index (χ4n) is 3.45. The van der Waals surface area contributed by atoms with E-state index in [0.717, 1.165) is 51.6 Å². The van der Waals surface area contributed by atoms with Crippen LogP contribution in [0.15, 0.2) is 104 Å². The summed E-state index contributed by atoms with van der Waals surface area (Å²) in [4.78, 5) is 21.9. The van der Waals surface area contributed by atoms with Crippen molar-refractivity contribution < 1.29 is 4.79 Å². The average molecular weight is 465 g/mol. The summed E-state index contributed by atoms with van der Waals surface area (Å²) < 4.78 is 0. The average Bonchev–Trinajstić information content (AvgIpc) is 3.09. The van der Waals surface area contributed by atoms with Gasteiger partial charge in [0.15, 0.2) is 0 Å². The smallest absolute Gasteiger partial charge is 0.253 e. The highest BCUT2D eigenvalue weighted by Crippen LogP contribution is 2.38. The highest BCUT2D eigenvalue weighted by Gasteiger charge is 2.22. The summed E-state index contributed by atoms with van der Waals surface area (Å²) in [6.45, 7) is 8.75. The maximum Gasteiger partial charge on any atom is 0.253 e. The Balaban J connectivity index is 2.11. The number of fused-ring (bicyclic) bond motifs is 1. The number of thioether (sulfide) groups is 1. The normalized spacial score (nSPS) is 16.4. The summed E-state index contributed by atoms with van der Waals surface area (Å²) in [7, 11) is 1.83. The topological polar surface area (TPSA) is 32.7 Å². The van der Waals surface area contributed by atoms with Crippen LogP contribution in [0.4, 0.5) is 0 Å². The van der Waals surface area contributed by atoms with Gasteiger partial charge in [0.05, 0.1) is 11.4 Å². The van der Waals surface area contributed by atoms with E-state index < -0.39 is 0 Å². The fourth-order valence-corrected chi connectivity index (χ4v) is 4.65. The molecule has 1 aliphatic heterocycles. The van der Waals surface area contributed by atoms with Crippen LogP contribution in [-0.4, -0.2) is 30.1 Å². The summed E-state index contributed by atoms with van der Waals surface area (Å²) in [5.41, 5.74) is 4.03. The van der Waals surface area contributed by atoms with Gasteiger partial charge in [-0.1, -0.05) is 85.8 Å². The van der Waals surface area contributed by atoms with E-state index in [9.17, 15) is 4.79 Å². The molecule has 0 atom stereocenters. The second kappa shape index (κ2) is 11.3. The molecule has 0 bridgehead atoms. The molecule has 1 aromatic carbocycles. The van der Waals surface area contributed by atoms with Gasteiger partial charge in [0.2, 0.25) is 0 Å². The third kappa shape index (κ3) is 5.62. The van der Waals surface area contributed by atoms with Crippen molar-refractivity contribution >= 4 is 35.0 Å². The largest absolute Gasteiger partial charge is 0.342 e. The van der Waals surface area contributed by atoms with E-state index in [4.69, 9.17) is 16.6 Å². The van der Waals surface area contributed by atoms with Crippen LogP contribution in [0, 0.1) is 0 Å². The molecule has 0 N–H and O–H groups in total. The lowest BCUT2D eigenvalue weighted by atomic mass is 10.0. The standard InChI is InChI=1S/C27H29ClN2OS/c1-5-7-17-30(4)27(31)20(6-2)18-24-19(3)32-25-16-12-11-14-22(25)26(29-24)21-13-9-8-10-15-23(21)28/h6,8,10-16,18H,2,5,7,9,17H2,1,3-4H3/b20-18+. The quantitative estimate of drug-likeness (QED) is 0.316. The van der Waals surface area contributed by atoms with Crippen LogP contribution in [-0.2, 0) is 4.79 Å². The first kappa shape index (κ1) is 24.1. The number of hydrogen-bond acceptors (Lipinski definition) is 3. The molecule has 5 heteroatoms. The molecule has 3 nitrogen and oxygen atoms in total. The van der Waals surface area contributed by atoms with Crippen molar-refractivity contribution in [2.24, 2.45) is 4.99 Å². The summed E-state index contributed by atoms with van der Waals surface area (Å²) in [5.74, 6) is -0.0481. The van der Waals surface area contributed by atoms with E-state index in [-0.39, 0.29) is 5.91 Å². The molecular formula is C27H29ClN2OS. The number of nitrogens with zero attached hydrogens (tertiary/aromatic N) is 2. The first-order chi connectivity index (χ1) is 15.5. The minimum atomic E-state index is -0.0481. The number of amides is 1. The number of rotatable bonds is 7. The maximum atomic E-state index is 13.0. The highest BCUT2D eigenvalue weighted by atomic mass is 35.5. The minimum Gasteiger partial charge on any atom is -0.342 e. The number of allylic oxidation sites excluding steroid dienone is 8. The van der Waals surface area contributed by atoms with Gasteiger partial charge in [0.1, 0.15) is 0 Å². The molecule has 166 valence electrons. The molecule has 32 heavy (non-hydrogen) atoms. The monoisotopic (exact) mass is 464 g/mol. The SMILES string of the molecule is C=C/C(=C\C1=C(C)Sc2ccccc2C(C2=CCC=CC=C2Cl)=N1)C(=O)N(C)CCCC. The molecule has 0 fully saturated rings. The lowest BCUT2D eigenvalue weighted by Gasteiger charge is -2.17. The number of carbonyl (C=O) groups excluding carboxylic acids is 1. The Morgan fingerprint density at radius 1 is 1.34 bits per heavy atom. The summed E-state index contributed by atoms with van der Waals surface area (Å²) in [6, 6.07) is 8.21.